The molecule has 0 saturated heterocycles. The Morgan fingerprint density at radius 3 is 2.47 bits per heavy atom. The fraction of sp³-hybridized carbons (Fsp3) is 0.231. The maximum absolute atomic E-state index is 13.7. The van der Waals surface area contributed by atoms with Crippen LogP contribution in [0.2, 0.25) is 0 Å². The van der Waals surface area contributed by atoms with E-state index in [1.807, 2.05) is 54.6 Å². The Kier molecular flexibility index (Phi) is 5.58. The summed E-state index contributed by atoms with van der Waals surface area (Å²) in [5.74, 6) is 0.924. The number of nitrogens with zero attached hydrogens (tertiary/aromatic N) is 2. The summed E-state index contributed by atoms with van der Waals surface area (Å²) in [5.41, 5.74) is 6.56. The van der Waals surface area contributed by atoms with E-state index in [-0.39, 0.29) is 11.4 Å². The molecule has 0 bridgehead atoms. The zero-order valence-electron chi connectivity index (χ0n) is 17.9. The first-order valence-electron chi connectivity index (χ1n) is 10.8. The predicted octanol–water partition coefficient (Wildman–Crippen LogP) is 6.06. The van der Waals surface area contributed by atoms with Crippen LogP contribution in [0.3, 0.4) is 0 Å². The number of fused-ring (bicyclic) bond motifs is 1. The maximum Gasteiger partial charge on any atom is 0.282 e. The molecule has 4 aromatic rings. The van der Waals surface area contributed by atoms with Crippen LogP contribution in [-0.2, 0) is 5.88 Å². The molecule has 5 rings (SSSR count). The fourth-order valence-electron chi connectivity index (χ4n) is 4.44. The Labute approximate surface area is 191 Å². The first-order chi connectivity index (χ1) is 15.7. The second kappa shape index (κ2) is 8.67. The van der Waals surface area contributed by atoms with Crippen LogP contribution in [0.15, 0.2) is 65.5 Å². The van der Waals surface area contributed by atoms with Gasteiger partial charge in [-0.25, -0.2) is 0 Å². The number of nitrogens with one attached hydrogen (secondary N) is 1. The standard InChI is InChI=1S/C26H24ClN3O2/c1-32-20-14-12-18(13-15-20)22-21(16-27)28-25-23(17-8-4-2-5-9-17)24(29-30(25)26(22)31)19-10-6-3-7-11-19/h3,6-8,10-15,28H,2,4-5,9,16H2,1H3. The van der Waals surface area contributed by atoms with Crippen molar-refractivity contribution in [2.24, 2.45) is 0 Å². The minimum Gasteiger partial charge on any atom is -0.497 e. The average Bonchev–Trinajstić information content (AvgIpc) is 3.25. The SMILES string of the molecule is COc1ccc(-c2c(CCl)[nH]c3c(C4=CCCCC4)c(-c4ccccc4)nn3c2=O)cc1. The van der Waals surface area contributed by atoms with Crippen molar-refractivity contribution in [3.8, 4) is 28.1 Å². The van der Waals surface area contributed by atoms with Crippen LogP contribution in [0.25, 0.3) is 33.6 Å². The van der Waals surface area contributed by atoms with E-state index in [2.05, 4.69) is 11.1 Å². The Balaban J connectivity index is 1.81. The van der Waals surface area contributed by atoms with Crippen molar-refractivity contribution in [1.29, 1.82) is 0 Å². The van der Waals surface area contributed by atoms with Crippen LogP contribution in [0.5, 0.6) is 5.75 Å². The maximum atomic E-state index is 13.7. The van der Waals surface area contributed by atoms with Gasteiger partial charge in [-0.1, -0.05) is 48.5 Å². The second-order valence-corrected chi connectivity index (χ2v) is 8.24. The number of aromatic nitrogens is 3. The zero-order chi connectivity index (χ0) is 22.1. The van der Waals surface area contributed by atoms with Crippen LogP contribution in [0.1, 0.15) is 36.9 Å². The van der Waals surface area contributed by atoms with Crippen LogP contribution in [0.4, 0.5) is 0 Å². The minimum absolute atomic E-state index is 0.181. The van der Waals surface area contributed by atoms with E-state index >= 15 is 0 Å². The second-order valence-electron chi connectivity index (χ2n) is 7.97. The van der Waals surface area contributed by atoms with E-state index in [1.165, 1.54) is 16.5 Å². The predicted molar refractivity (Wildman–Crippen MR) is 129 cm³/mol. The number of ether oxygens (including phenoxy) is 1. The number of H-pyrrole nitrogens is 1. The number of allylic oxidation sites excluding steroid dienone is 2. The van der Waals surface area contributed by atoms with E-state index < -0.39 is 0 Å². The molecule has 0 spiro atoms. The molecule has 6 heteroatoms. The quantitative estimate of drug-likeness (QED) is 0.380. The van der Waals surface area contributed by atoms with Crippen LogP contribution >= 0.6 is 11.6 Å². The topological polar surface area (TPSA) is 59.4 Å². The third kappa shape index (κ3) is 3.53. The smallest absolute Gasteiger partial charge is 0.282 e. The van der Waals surface area contributed by atoms with Gasteiger partial charge < -0.3 is 9.72 Å². The number of hydrogen-bond acceptors (Lipinski definition) is 3. The van der Waals surface area contributed by atoms with Gasteiger partial charge in [-0.2, -0.15) is 9.61 Å². The lowest BCUT2D eigenvalue weighted by atomic mass is 9.92. The summed E-state index contributed by atoms with van der Waals surface area (Å²) >= 11 is 6.34. The van der Waals surface area contributed by atoms with Gasteiger partial charge in [-0.05, 0) is 49.0 Å². The molecule has 0 amide bonds. The van der Waals surface area contributed by atoms with Crippen molar-refractivity contribution in [3.05, 3.63) is 82.3 Å². The van der Waals surface area contributed by atoms with Gasteiger partial charge in [0.05, 0.1) is 18.6 Å². The van der Waals surface area contributed by atoms with E-state index in [4.69, 9.17) is 21.4 Å². The summed E-state index contributed by atoms with van der Waals surface area (Å²) in [6.45, 7) is 0. The molecule has 0 saturated carbocycles. The lowest BCUT2D eigenvalue weighted by Gasteiger charge is -2.14. The van der Waals surface area contributed by atoms with Crippen molar-refractivity contribution in [2.45, 2.75) is 31.6 Å². The molecule has 2 aromatic carbocycles. The molecule has 0 radical (unpaired) electrons. The summed E-state index contributed by atoms with van der Waals surface area (Å²) in [5, 5.41) is 4.82. The van der Waals surface area contributed by atoms with Gasteiger partial charge in [0.15, 0.2) is 0 Å². The highest BCUT2D eigenvalue weighted by Crippen LogP contribution is 2.36. The third-order valence-corrected chi connectivity index (χ3v) is 6.30. The molecule has 2 aromatic heterocycles. The highest BCUT2D eigenvalue weighted by atomic mass is 35.5. The van der Waals surface area contributed by atoms with Gasteiger partial charge in [0.1, 0.15) is 17.1 Å². The Hall–Kier alpha value is -3.31. The van der Waals surface area contributed by atoms with Gasteiger partial charge in [0.25, 0.3) is 5.56 Å². The molecule has 0 fully saturated rings. The zero-order valence-corrected chi connectivity index (χ0v) is 18.7. The molecule has 1 aliphatic rings. The van der Waals surface area contributed by atoms with Crippen molar-refractivity contribution >= 4 is 22.8 Å². The van der Waals surface area contributed by atoms with Gasteiger partial charge in [0.2, 0.25) is 0 Å². The van der Waals surface area contributed by atoms with Crippen LogP contribution in [-0.4, -0.2) is 21.7 Å². The van der Waals surface area contributed by atoms with Crippen molar-refractivity contribution < 1.29 is 4.74 Å². The molecule has 0 atom stereocenters. The van der Waals surface area contributed by atoms with Crippen molar-refractivity contribution in [3.63, 3.8) is 0 Å². The lowest BCUT2D eigenvalue weighted by Crippen LogP contribution is -2.20. The Bertz CT molecular complexity index is 1350. The van der Waals surface area contributed by atoms with E-state index in [0.717, 1.165) is 47.4 Å². The number of methoxy groups -OCH3 is 1. The number of aromatic amines is 1. The van der Waals surface area contributed by atoms with Gasteiger partial charge in [0, 0.05) is 16.8 Å². The highest BCUT2D eigenvalue weighted by Gasteiger charge is 2.24. The molecular formula is C26H24ClN3O2. The highest BCUT2D eigenvalue weighted by molar-refractivity contribution is 6.17. The van der Waals surface area contributed by atoms with Crippen molar-refractivity contribution in [2.75, 3.05) is 7.11 Å². The van der Waals surface area contributed by atoms with Gasteiger partial charge >= 0.3 is 0 Å². The monoisotopic (exact) mass is 445 g/mol. The van der Waals surface area contributed by atoms with Crippen molar-refractivity contribution in [1.82, 2.24) is 14.6 Å². The minimum atomic E-state index is -0.181. The Morgan fingerprint density at radius 1 is 1.03 bits per heavy atom. The number of alkyl halides is 1. The molecule has 1 N–H and O–H groups in total. The fourth-order valence-corrected chi connectivity index (χ4v) is 4.64. The molecule has 2 heterocycles. The summed E-state index contributed by atoms with van der Waals surface area (Å²) in [4.78, 5) is 17.2. The summed E-state index contributed by atoms with van der Waals surface area (Å²) in [6.07, 6.45) is 6.61. The number of halogens is 1. The first kappa shape index (κ1) is 20.6. The lowest BCUT2D eigenvalue weighted by molar-refractivity contribution is 0.415. The van der Waals surface area contributed by atoms with Crippen LogP contribution in [0, 0.1) is 0 Å². The van der Waals surface area contributed by atoms with E-state index in [9.17, 15) is 4.79 Å². The summed E-state index contributed by atoms with van der Waals surface area (Å²) < 4.78 is 6.76. The number of benzene rings is 2. The number of rotatable bonds is 5. The number of hydrogen-bond donors (Lipinski definition) is 1. The molecule has 1 aliphatic carbocycles. The molecule has 5 nitrogen and oxygen atoms in total. The van der Waals surface area contributed by atoms with Crippen LogP contribution < -0.4 is 10.3 Å². The summed E-state index contributed by atoms with van der Waals surface area (Å²) in [7, 11) is 1.62. The molecule has 0 unspecified atom stereocenters. The molecular weight excluding hydrogens is 422 g/mol. The van der Waals surface area contributed by atoms with E-state index in [0.29, 0.717) is 16.9 Å². The van der Waals surface area contributed by atoms with Gasteiger partial charge in [-0.15, -0.1) is 11.6 Å². The third-order valence-electron chi connectivity index (χ3n) is 6.03. The molecule has 162 valence electrons. The first-order valence-corrected chi connectivity index (χ1v) is 11.4. The normalized spacial score (nSPS) is 13.9. The summed E-state index contributed by atoms with van der Waals surface area (Å²) in [6, 6.07) is 17.5. The largest absolute Gasteiger partial charge is 0.497 e. The molecule has 32 heavy (non-hydrogen) atoms. The van der Waals surface area contributed by atoms with E-state index in [1.54, 1.807) is 7.11 Å². The average molecular weight is 446 g/mol. The Morgan fingerprint density at radius 2 is 1.81 bits per heavy atom. The van der Waals surface area contributed by atoms with Gasteiger partial charge in [-0.3, -0.25) is 4.79 Å². The molecule has 0 aliphatic heterocycles.